The van der Waals surface area contributed by atoms with E-state index < -0.39 is 5.82 Å². The fourth-order valence-electron chi connectivity index (χ4n) is 2.36. The minimum Gasteiger partial charge on any atom is -0.715 e. The molecule has 3 rings (SSSR count). The van der Waals surface area contributed by atoms with E-state index in [0.29, 0.717) is 20.9 Å². The van der Waals surface area contributed by atoms with E-state index in [1.165, 1.54) is 12.1 Å². The van der Waals surface area contributed by atoms with Gasteiger partial charge in [-0.2, -0.15) is 0 Å². The standard InChI is InChI=1S/C15H12FN2O2/c16-12-6-7-13(11-4-2-1-3-5-11)14(10-12)15-17(19)8-9-18(15)20/h1-7,10H,8-9H2. The zero-order chi connectivity index (χ0) is 14.1. The molecule has 4 nitrogen and oxygen atoms in total. The zero-order valence-corrected chi connectivity index (χ0v) is 10.6. The van der Waals surface area contributed by atoms with Crippen molar-refractivity contribution in [2.45, 2.75) is 0 Å². The van der Waals surface area contributed by atoms with Crippen LogP contribution in [0.4, 0.5) is 4.39 Å². The van der Waals surface area contributed by atoms with E-state index in [-0.39, 0.29) is 18.9 Å². The molecule has 101 valence electrons. The molecule has 1 aliphatic heterocycles. The highest BCUT2D eigenvalue weighted by molar-refractivity contribution is 6.01. The molecule has 20 heavy (non-hydrogen) atoms. The van der Waals surface area contributed by atoms with Gasteiger partial charge in [0.15, 0.2) is 6.54 Å². The minimum atomic E-state index is -0.471. The number of amidine groups is 1. The normalized spacial score (nSPS) is 15.0. The summed E-state index contributed by atoms with van der Waals surface area (Å²) in [6.07, 6.45) is 0. The second kappa shape index (κ2) is 4.94. The maximum atomic E-state index is 13.5. The SMILES string of the molecule is [O]N1CC[N+]([O-])=C1c1cc(F)ccc1-c1ccccc1. The van der Waals surface area contributed by atoms with Gasteiger partial charge in [-0.25, -0.2) is 4.39 Å². The van der Waals surface area contributed by atoms with Gasteiger partial charge >= 0.3 is 5.84 Å². The molecule has 2 aromatic rings. The number of halogens is 1. The van der Waals surface area contributed by atoms with Crippen LogP contribution in [0, 0.1) is 11.0 Å². The van der Waals surface area contributed by atoms with Gasteiger partial charge in [0.1, 0.15) is 12.4 Å². The van der Waals surface area contributed by atoms with Gasteiger partial charge in [-0.1, -0.05) is 41.5 Å². The van der Waals surface area contributed by atoms with Gasteiger partial charge in [-0.3, -0.25) is 4.74 Å². The molecule has 0 amide bonds. The Balaban J connectivity index is 2.20. The largest absolute Gasteiger partial charge is 0.715 e. The molecule has 0 fully saturated rings. The first-order valence-electron chi connectivity index (χ1n) is 6.28. The Morgan fingerprint density at radius 2 is 1.85 bits per heavy atom. The molecule has 0 atom stereocenters. The van der Waals surface area contributed by atoms with Crippen LogP contribution in [-0.4, -0.2) is 28.7 Å². The molecular formula is C15H12FN2O2. The highest BCUT2D eigenvalue weighted by Crippen LogP contribution is 2.26. The van der Waals surface area contributed by atoms with Crippen molar-refractivity contribution >= 4 is 5.84 Å². The van der Waals surface area contributed by atoms with Crippen LogP contribution in [0.15, 0.2) is 48.5 Å². The fourth-order valence-corrected chi connectivity index (χ4v) is 2.36. The second-order valence-corrected chi connectivity index (χ2v) is 4.58. The Labute approximate surface area is 115 Å². The lowest BCUT2D eigenvalue weighted by Gasteiger charge is -2.11. The van der Waals surface area contributed by atoms with Gasteiger partial charge < -0.3 is 5.21 Å². The molecule has 0 bridgehead atoms. The van der Waals surface area contributed by atoms with E-state index >= 15 is 0 Å². The van der Waals surface area contributed by atoms with E-state index in [0.717, 1.165) is 5.56 Å². The number of rotatable bonds is 2. The third-order valence-electron chi connectivity index (χ3n) is 3.29. The lowest BCUT2D eigenvalue weighted by molar-refractivity contribution is -0.445. The lowest BCUT2D eigenvalue weighted by Crippen LogP contribution is -2.25. The third kappa shape index (κ3) is 2.12. The van der Waals surface area contributed by atoms with E-state index in [9.17, 15) is 14.8 Å². The molecule has 1 aliphatic rings. The minimum absolute atomic E-state index is 0.0247. The molecule has 0 unspecified atom stereocenters. The summed E-state index contributed by atoms with van der Waals surface area (Å²) in [6.45, 7) is 0.202. The molecule has 5 heteroatoms. The van der Waals surface area contributed by atoms with Crippen LogP contribution < -0.4 is 0 Å². The highest BCUT2D eigenvalue weighted by atomic mass is 19.1. The van der Waals surface area contributed by atoms with E-state index in [1.54, 1.807) is 6.07 Å². The summed E-state index contributed by atoms with van der Waals surface area (Å²) >= 11 is 0. The van der Waals surface area contributed by atoms with Crippen molar-refractivity contribution in [2.75, 3.05) is 13.1 Å². The third-order valence-corrected chi connectivity index (χ3v) is 3.29. The van der Waals surface area contributed by atoms with Crippen molar-refractivity contribution in [3.63, 3.8) is 0 Å². The summed E-state index contributed by atoms with van der Waals surface area (Å²) in [7, 11) is 0. The summed E-state index contributed by atoms with van der Waals surface area (Å²) in [6, 6.07) is 13.4. The Hall–Kier alpha value is -2.40. The molecule has 0 saturated heterocycles. The number of hydrogen-bond acceptors (Lipinski definition) is 2. The maximum absolute atomic E-state index is 13.5. The van der Waals surface area contributed by atoms with Crippen molar-refractivity contribution in [1.82, 2.24) is 5.06 Å². The average molecular weight is 271 g/mol. The summed E-state index contributed by atoms with van der Waals surface area (Å²) in [5.74, 6) is -0.496. The summed E-state index contributed by atoms with van der Waals surface area (Å²) in [4.78, 5) is 0. The fraction of sp³-hybridized carbons (Fsp3) is 0.133. The predicted molar refractivity (Wildman–Crippen MR) is 71.8 cm³/mol. The van der Waals surface area contributed by atoms with Gasteiger partial charge in [-0.05, 0) is 23.3 Å². The monoisotopic (exact) mass is 271 g/mol. The number of hydroxylamine groups is 3. The van der Waals surface area contributed by atoms with E-state index in [4.69, 9.17) is 0 Å². The van der Waals surface area contributed by atoms with Gasteiger partial charge in [0, 0.05) is 5.21 Å². The van der Waals surface area contributed by atoms with Crippen LogP contribution in [-0.2, 0) is 5.21 Å². The first kappa shape index (κ1) is 12.6. The molecule has 0 spiro atoms. The van der Waals surface area contributed by atoms with Crippen LogP contribution in [0.25, 0.3) is 11.1 Å². The molecule has 1 heterocycles. The van der Waals surface area contributed by atoms with Crippen molar-refractivity contribution in [3.8, 4) is 11.1 Å². The number of hydrogen-bond donors (Lipinski definition) is 0. The van der Waals surface area contributed by atoms with Crippen molar-refractivity contribution in [1.29, 1.82) is 0 Å². The van der Waals surface area contributed by atoms with Gasteiger partial charge in [0.25, 0.3) is 0 Å². The van der Waals surface area contributed by atoms with E-state index in [2.05, 4.69) is 0 Å². The number of nitrogens with zero attached hydrogens (tertiary/aromatic N) is 2. The van der Waals surface area contributed by atoms with Crippen molar-refractivity contribution in [2.24, 2.45) is 0 Å². The molecular weight excluding hydrogens is 259 g/mol. The molecule has 2 aromatic carbocycles. The van der Waals surface area contributed by atoms with Crippen LogP contribution >= 0.6 is 0 Å². The summed E-state index contributed by atoms with van der Waals surface area (Å²) in [5, 5.41) is 24.2. The molecule has 1 radical (unpaired) electrons. The van der Waals surface area contributed by atoms with Crippen molar-refractivity contribution < 1.29 is 14.3 Å². The Morgan fingerprint density at radius 3 is 2.50 bits per heavy atom. The number of benzene rings is 2. The molecule has 0 aromatic heterocycles. The smallest absolute Gasteiger partial charge is 0.316 e. The van der Waals surface area contributed by atoms with Crippen LogP contribution in [0.1, 0.15) is 5.56 Å². The van der Waals surface area contributed by atoms with Crippen LogP contribution in [0.3, 0.4) is 0 Å². The van der Waals surface area contributed by atoms with Crippen molar-refractivity contribution in [3.05, 3.63) is 65.1 Å². The first-order valence-corrected chi connectivity index (χ1v) is 6.28. The zero-order valence-electron chi connectivity index (χ0n) is 10.6. The maximum Gasteiger partial charge on any atom is 0.316 e. The Kier molecular flexibility index (Phi) is 3.12. The average Bonchev–Trinajstić information content (AvgIpc) is 2.79. The molecule has 0 N–H and O–H groups in total. The quantitative estimate of drug-likeness (QED) is 0.622. The summed E-state index contributed by atoms with van der Waals surface area (Å²) < 4.78 is 14.1. The highest BCUT2D eigenvalue weighted by Gasteiger charge is 2.32. The Bertz CT molecular complexity index is 671. The molecule has 0 saturated carbocycles. The summed E-state index contributed by atoms with van der Waals surface area (Å²) in [5.41, 5.74) is 1.84. The van der Waals surface area contributed by atoms with E-state index in [1.807, 2.05) is 30.3 Å². The van der Waals surface area contributed by atoms with Gasteiger partial charge in [-0.15, -0.1) is 0 Å². The topological polar surface area (TPSA) is 49.2 Å². The van der Waals surface area contributed by atoms with Gasteiger partial charge in [0.05, 0.1) is 5.56 Å². The lowest BCUT2D eigenvalue weighted by atomic mass is 9.99. The molecule has 0 aliphatic carbocycles. The van der Waals surface area contributed by atoms with Crippen LogP contribution in [0.2, 0.25) is 0 Å². The first-order chi connectivity index (χ1) is 9.66. The second-order valence-electron chi connectivity index (χ2n) is 4.58. The van der Waals surface area contributed by atoms with Crippen LogP contribution in [0.5, 0.6) is 0 Å². The Morgan fingerprint density at radius 1 is 1.10 bits per heavy atom. The van der Waals surface area contributed by atoms with Gasteiger partial charge in [0.2, 0.25) is 0 Å². The predicted octanol–water partition coefficient (Wildman–Crippen LogP) is 2.41.